The van der Waals surface area contributed by atoms with Gasteiger partial charge in [0.05, 0.1) is 5.60 Å². The number of rotatable bonds is 0. The standard InChI is InChI=1S/C4H10O.Ca.2H/c1-4(2,3)5;;;/h5H,1-3H3;;;. The van der Waals surface area contributed by atoms with E-state index in [1.807, 2.05) is 0 Å². The Hall–Kier alpha value is 1.22. The fourth-order valence-electron chi connectivity index (χ4n) is 0. The molecule has 0 aromatic heterocycles. The third kappa shape index (κ3) is 62.5. The van der Waals surface area contributed by atoms with E-state index in [2.05, 4.69) is 0 Å². The molecule has 1 N–H and O–H groups in total. The van der Waals surface area contributed by atoms with Crippen LogP contribution in [0, 0.1) is 0 Å². The van der Waals surface area contributed by atoms with Gasteiger partial charge in [0.25, 0.3) is 0 Å². The monoisotopic (exact) mass is 116 g/mol. The predicted octanol–water partition coefficient (Wildman–Crippen LogP) is -0.139. The van der Waals surface area contributed by atoms with Crippen molar-refractivity contribution >= 4 is 37.7 Å². The normalized spacial score (nSPS) is 10.0. The molecule has 0 atom stereocenters. The Bertz CT molecular complexity index is 23.0. The molecule has 36 valence electrons. The van der Waals surface area contributed by atoms with E-state index in [0.29, 0.717) is 0 Å². The summed E-state index contributed by atoms with van der Waals surface area (Å²) < 4.78 is 0. The van der Waals surface area contributed by atoms with Crippen LogP contribution >= 0.6 is 0 Å². The van der Waals surface area contributed by atoms with Gasteiger partial charge in [0.15, 0.2) is 0 Å². The molecule has 0 aliphatic heterocycles. The van der Waals surface area contributed by atoms with Gasteiger partial charge in [-0.3, -0.25) is 0 Å². The predicted molar refractivity (Wildman–Crippen MR) is 30.5 cm³/mol. The molecule has 0 aromatic rings. The van der Waals surface area contributed by atoms with E-state index >= 15 is 0 Å². The van der Waals surface area contributed by atoms with Crippen LogP contribution in [0.2, 0.25) is 0 Å². The van der Waals surface area contributed by atoms with Crippen molar-refractivity contribution < 1.29 is 5.11 Å². The van der Waals surface area contributed by atoms with Crippen molar-refractivity contribution in [2.45, 2.75) is 26.4 Å². The van der Waals surface area contributed by atoms with Gasteiger partial charge in [0.2, 0.25) is 0 Å². The molecule has 0 heterocycles. The molecule has 1 nitrogen and oxygen atoms in total. The molecule has 0 unspecified atom stereocenters. The quantitative estimate of drug-likeness (QED) is 0.437. The molecule has 0 spiro atoms. The molecule has 0 saturated heterocycles. The molecule has 0 saturated carbocycles. The van der Waals surface area contributed by atoms with Crippen LogP contribution in [0.3, 0.4) is 0 Å². The molecule has 0 aliphatic carbocycles. The average Bonchev–Trinajstić information content (AvgIpc) is 0.722. The van der Waals surface area contributed by atoms with E-state index in [9.17, 15) is 0 Å². The van der Waals surface area contributed by atoms with Crippen LogP contribution in [0.1, 0.15) is 20.8 Å². The fraction of sp³-hybridized carbons (Fsp3) is 1.00. The summed E-state index contributed by atoms with van der Waals surface area (Å²) in [5.74, 6) is 0. The second kappa shape index (κ2) is 3.25. The molecular formula is C4H12CaO. The van der Waals surface area contributed by atoms with Crippen LogP contribution in [0.25, 0.3) is 0 Å². The molecule has 0 radical (unpaired) electrons. The second-order valence-electron chi connectivity index (χ2n) is 2.17. The fourth-order valence-corrected chi connectivity index (χ4v) is 0. The molecular weight excluding hydrogens is 104 g/mol. The Balaban J connectivity index is 0. The third-order valence-electron chi connectivity index (χ3n) is 0. The van der Waals surface area contributed by atoms with Gasteiger partial charge in [-0.05, 0) is 20.8 Å². The number of hydrogen-bond donors (Lipinski definition) is 1. The number of hydrogen-bond acceptors (Lipinski definition) is 1. The van der Waals surface area contributed by atoms with E-state index in [-0.39, 0.29) is 37.7 Å². The molecule has 0 aliphatic rings. The Labute approximate surface area is 68.7 Å². The van der Waals surface area contributed by atoms with E-state index in [0.717, 1.165) is 0 Å². The minimum atomic E-state index is -0.500. The minimum absolute atomic E-state index is 0. The van der Waals surface area contributed by atoms with E-state index in [1.54, 1.807) is 20.8 Å². The first kappa shape index (κ1) is 10.3. The summed E-state index contributed by atoms with van der Waals surface area (Å²) in [5.41, 5.74) is -0.500. The molecule has 0 bridgehead atoms. The van der Waals surface area contributed by atoms with Crippen LogP contribution in [0.4, 0.5) is 0 Å². The first-order chi connectivity index (χ1) is 2.00. The van der Waals surface area contributed by atoms with Gasteiger partial charge in [-0.1, -0.05) is 0 Å². The van der Waals surface area contributed by atoms with Crippen molar-refractivity contribution in [1.82, 2.24) is 0 Å². The van der Waals surface area contributed by atoms with Crippen LogP contribution in [0.15, 0.2) is 0 Å². The molecule has 0 rings (SSSR count). The SMILES string of the molecule is CC(C)(C)O.[CaH2]. The van der Waals surface area contributed by atoms with Gasteiger partial charge in [0.1, 0.15) is 0 Å². The zero-order chi connectivity index (χ0) is 4.50. The summed E-state index contributed by atoms with van der Waals surface area (Å²) in [5, 5.41) is 8.52. The zero-order valence-corrected chi connectivity index (χ0v) is 3.95. The van der Waals surface area contributed by atoms with Gasteiger partial charge in [0, 0.05) is 0 Å². The maximum absolute atomic E-state index is 8.52. The van der Waals surface area contributed by atoms with Gasteiger partial charge in [-0.25, -0.2) is 0 Å². The maximum atomic E-state index is 8.52. The Kier molecular flexibility index (Phi) is 5.55. The van der Waals surface area contributed by atoms with E-state index < -0.39 is 5.60 Å². The van der Waals surface area contributed by atoms with E-state index in [4.69, 9.17) is 5.11 Å². The van der Waals surface area contributed by atoms with Crippen LogP contribution in [-0.2, 0) is 0 Å². The molecule has 0 amide bonds. The van der Waals surface area contributed by atoms with Crippen molar-refractivity contribution in [3.8, 4) is 0 Å². The summed E-state index contributed by atoms with van der Waals surface area (Å²) in [4.78, 5) is 0. The van der Waals surface area contributed by atoms with Gasteiger partial charge >= 0.3 is 37.7 Å². The zero-order valence-electron chi connectivity index (χ0n) is 3.95. The van der Waals surface area contributed by atoms with Gasteiger partial charge < -0.3 is 5.11 Å². The van der Waals surface area contributed by atoms with Crippen molar-refractivity contribution in [3.05, 3.63) is 0 Å². The van der Waals surface area contributed by atoms with Crippen molar-refractivity contribution in [2.75, 3.05) is 0 Å². The second-order valence-corrected chi connectivity index (χ2v) is 2.17. The first-order valence-electron chi connectivity index (χ1n) is 1.72. The molecule has 2 heteroatoms. The number of aliphatic hydroxyl groups is 1. The van der Waals surface area contributed by atoms with E-state index in [1.165, 1.54) is 0 Å². The molecule has 0 fully saturated rings. The Morgan fingerprint density at radius 3 is 1.17 bits per heavy atom. The third-order valence-corrected chi connectivity index (χ3v) is 0. The van der Waals surface area contributed by atoms with Gasteiger partial charge in [-0.2, -0.15) is 0 Å². The summed E-state index contributed by atoms with van der Waals surface area (Å²) in [6, 6.07) is 0. The van der Waals surface area contributed by atoms with Crippen molar-refractivity contribution in [2.24, 2.45) is 0 Å². The van der Waals surface area contributed by atoms with Crippen molar-refractivity contribution in [1.29, 1.82) is 0 Å². The Morgan fingerprint density at radius 2 is 1.17 bits per heavy atom. The summed E-state index contributed by atoms with van der Waals surface area (Å²) in [6.45, 7) is 5.23. The average molecular weight is 116 g/mol. The Morgan fingerprint density at radius 1 is 1.17 bits per heavy atom. The summed E-state index contributed by atoms with van der Waals surface area (Å²) in [7, 11) is 0. The first-order valence-corrected chi connectivity index (χ1v) is 1.72. The van der Waals surface area contributed by atoms with Crippen LogP contribution in [-0.4, -0.2) is 48.4 Å². The van der Waals surface area contributed by atoms with Crippen LogP contribution < -0.4 is 0 Å². The van der Waals surface area contributed by atoms with Crippen molar-refractivity contribution in [3.63, 3.8) is 0 Å². The summed E-state index contributed by atoms with van der Waals surface area (Å²) >= 11 is 0. The summed E-state index contributed by atoms with van der Waals surface area (Å²) in [6.07, 6.45) is 0. The molecule has 6 heavy (non-hydrogen) atoms. The topological polar surface area (TPSA) is 20.2 Å². The van der Waals surface area contributed by atoms with Crippen LogP contribution in [0.5, 0.6) is 0 Å². The molecule has 0 aromatic carbocycles. The van der Waals surface area contributed by atoms with Gasteiger partial charge in [-0.15, -0.1) is 0 Å².